The molecule has 2 atom stereocenters. The van der Waals surface area contributed by atoms with E-state index in [-0.39, 0.29) is 0 Å². The molecule has 0 bridgehead atoms. The first-order valence-corrected chi connectivity index (χ1v) is 10.1. The van der Waals surface area contributed by atoms with Gasteiger partial charge in [-0.2, -0.15) is 0 Å². The lowest BCUT2D eigenvalue weighted by molar-refractivity contribution is 0.0428. The van der Waals surface area contributed by atoms with E-state index in [1.54, 1.807) is 0 Å². The Labute approximate surface area is 158 Å². The normalized spacial score (nSPS) is 24.5. The molecule has 138 valence electrons. The molecular weight excluding hydrogens is 318 g/mol. The largest absolute Gasteiger partial charge is 0.314 e. The predicted octanol–water partition coefficient (Wildman–Crippen LogP) is 3.53. The van der Waals surface area contributed by atoms with Crippen molar-refractivity contribution < 1.29 is 0 Å². The van der Waals surface area contributed by atoms with E-state index in [9.17, 15) is 0 Å². The molecule has 3 heteroatoms. The van der Waals surface area contributed by atoms with Crippen molar-refractivity contribution >= 4 is 0 Å². The zero-order chi connectivity index (χ0) is 17.8. The molecule has 26 heavy (non-hydrogen) atoms. The highest BCUT2D eigenvalue weighted by Gasteiger charge is 2.35. The van der Waals surface area contributed by atoms with Gasteiger partial charge in [-0.25, -0.2) is 0 Å². The minimum atomic E-state index is 0.387. The molecule has 2 aromatic rings. The van der Waals surface area contributed by atoms with E-state index >= 15 is 0 Å². The molecule has 3 nitrogen and oxygen atoms in total. The van der Waals surface area contributed by atoms with Crippen molar-refractivity contribution in [2.45, 2.75) is 37.4 Å². The van der Waals surface area contributed by atoms with Gasteiger partial charge in [-0.1, -0.05) is 60.7 Å². The highest BCUT2D eigenvalue weighted by molar-refractivity contribution is 5.32. The van der Waals surface area contributed by atoms with E-state index in [2.05, 4.69) is 82.8 Å². The molecule has 2 fully saturated rings. The summed E-state index contributed by atoms with van der Waals surface area (Å²) in [5.41, 5.74) is 2.83. The summed E-state index contributed by atoms with van der Waals surface area (Å²) in [5.74, 6) is 0. The van der Waals surface area contributed by atoms with E-state index in [0.717, 1.165) is 13.1 Å². The number of piperazine rings is 1. The highest BCUT2D eigenvalue weighted by atomic mass is 15.2. The second-order valence-electron chi connectivity index (χ2n) is 7.82. The van der Waals surface area contributed by atoms with Crippen LogP contribution in [0.25, 0.3) is 0 Å². The van der Waals surface area contributed by atoms with Gasteiger partial charge in [0.05, 0.1) is 6.04 Å². The standard InChI is InChI=1S/C23H31N3/c1-25-17-15-24-18-22(25)13-12-21-14-16-26(21)23(19-8-4-2-5-9-19)20-10-6-3-7-11-20/h2-11,21-24H,12-18H2,1H3/t21?,22-/m0/s1. The molecule has 0 aromatic heterocycles. The summed E-state index contributed by atoms with van der Waals surface area (Å²) < 4.78 is 0. The monoisotopic (exact) mass is 349 g/mol. The Bertz CT molecular complexity index is 633. The van der Waals surface area contributed by atoms with Gasteiger partial charge in [0.2, 0.25) is 0 Å². The van der Waals surface area contributed by atoms with Crippen LogP contribution in [0.15, 0.2) is 60.7 Å². The molecule has 1 unspecified atom stereocenters. The van der Waals surface area contributed by atoms with E-state index in [4.69, 9.17) is 0 Å². The summed E-state index contributed by atoms with van der Waals surface area (Å²) in [6, 6.07) is 23.8. The predicted molar refractivity (Wildman–Crippen MR) is 108 cm³/mol. The van der Waals surface area contributed by atoms with Gasteiger partial charge >= 0.3 is 0 Å². The van der Waals surface area contributed by atoms with Crippen molar-refractivity contribution in [2.24, 2.45) is 0 Å². The number of likely N-dealkylation sites (N-methyl/N-ethyl adjacent to an activating group) is 1. The number of hydrogen-bond donors (Lipinski definition) is 1. The van der Waals surface area contributed by atoms with E-state index in [1.165, 1.54) is 43.5 Å². The number of nitrogens with one attached hydrogen (secondary N) is 1. The van der Waals surface area contributed by atoms with Crippen molar-refractivity contribution in [1.82, 2.24) is 15.1 Å². The summed E-state index contributed by atoms with van der Waals surface area (Å²) in [5, 5.41) is 3.56. The number of hydrogen-bond acceptors (Lipinski definition) is 3. The fraction of sp³-hybridized carbons (Fsp3) is 0.478. The van der Waals surface area contributed by atoms with Crippen LogP contribution in [0.3, 0.4) is 0 Å². The van der Waals surface area contributed by atoms with Gasteiger partial charge in [0.25, 0.3) is 0 Å². The fourth-order valence-corrected chi connectivity index (χ4v) is 4.53. The number of likely N-dealkylation sites (tertiary alicyclic amines) is 1. The van der Waals surface area contributed by atoms with Crippen LogP contribution >= 0.6 is 0 Å². The Kier molecular flexibility index (Phi) is 5.68. The van der Waals surface area contributed by atoms with Crippen molar-refractivity contribution in [1.29, 1.82) is 0 Å². The smallest absolute Gasteiger partial charge is 0.0604 e. The minimum absolute atomic E-state index is 0.387. The number of rotatable bonds is 6. The lowest BCUT2D eigenvalue weighted by Crippen LogP contribution is -2.52. The topological polar surface area (TPSA) is 18.5 Å². The molecule has 2 aliphatic rings. The number of benzene rings is 2. The Hall–Kier alpha value is -1.68. The van der Waals surface area contributed by atoms with Crippen LogP contribution in [0.4, 0.5) is 0 Å². The third kappa shape index (κ3) is 3.85. The van der Waals surface area contributed by atoms with E-state index in [0.29, 0.717) is 18.1 Å². The Morgan fingerprint density at radius 2 is 1.50 bits per heavy atom. The van der Waals surface area contributed by atoms with Crippen LogP contribution in [0.5, 0.6) is 0 Å². The van der Waals surface area contributed by atoms with Gasteiger partial charge in [-0.15, -0.1) is 0 Å². The fourth-order valence-electron chi connectivity index (χ4n) is 4.53. The van der Waals surface area contributed by atoms with Crippen molar-refractivity contribution in [2.75, 3.05) is 33.2 Å². The second kappa shape index (κ2) is 8.34. The summed E-state index contributed by atoms with van der Waals surface area (Å²) >= 11 is 0. The molecule has 2 heterocycles. The van der Waals surface area contributed by atoms with E-state index < -0.39 is 0 Å². The summed E-state index contributed by atoms with van der Waals surface area (Å²) in [7, 11) is 2.28. The quantitative estimate of drug-likeness (QED) is 0.861. The first kappa shape index (κ1) is 17.7. The van der Waals surface area contributed by atoms with Crippen LogP contribution in [-0.4, -0.2) is 55.1 Å². The van der Waals surface area contributed by atoms with Gasteiger partial charge in [0.1, 0.15) is 0 Å². The maximum Gasteiger partial charge on any atom is 0.0604 e. The summed E-state index contributed by atoms with van der Waals surface area (Å²) in [6.07, 6.45) is 3.92. The third-order valence-electron chi connectivity index (χ3n) is 6.23. The molecule has 2 aromatic carbocycles. The van der Waals surface area contributed by atoms with E-state index in [1.807, 2.05) is 0 Å². The molecule has 1 N–H and O–H groups in total. The minimum Gasteiger partial charge on any atom is -0.314 e. The Balaban J connectivity index is 1.47. The molecule has 2 saturated heterocycles. The maximum absolute atomic E-state index is 3.56. The molecule has 4 rings (SSSR count). The first-order chi connectivity index (χ1) is 12.8. The second-order valence-corrected chi connectivity index (χ2v) is 7.82. The first-order valence-electron chi connectivity index (χ1n) is 10.1. The average Bonchev–Trinajstić information content (AvgIpc) is 2.68. The van der Waals surface area contributed by atoms with Crippen molar-refractivity contribution in [3.05, 3.63) is 71.8 Å². The summed E-state index contributed by atoms with van der Waals surface area (Å²) in [4.78, 5) is 5.26. The van der Waals surface area contributed by atoms with Crippen molar-refractivity contribution in [3.8, 4) is 0 Å². The van der Waals surface area contributed by atoms with Gasteiger partial charge in [0, 0.05) is 38.3 Å². The molecule has 0 aliphatic carbocycles. The maximum atomic E-state index is 3.56. The average molecular weight is 350 g/mol. The summed E-state index contributed by atoms with van der Waals surface area (Å²) in [6.45, 7) is 4.66. The zero-order valence-electron chi connectivity index (χ0n) is 15.8. The Morgan fingerprint density at radius 1 is 0.885 bits per heavy atom. The van der Waals surface area contributed by atoms with Crippen LogP contribution in [0.2, 0.25) is 0 Å². The lowest BCUT2D eigenvalue weighted by atomic mass is 9.88. The molecule has 0 radical (unpaired) electrons. The molecule has 0 amide bonds. The highest BCUT2D eigenvalue weighted by Crippen LogP contribution is 2.37. The number of nitrogens with zero attached hydrogens (tertiary/aromatic N) is 2. The van der Waals surface area contributed by atoms with Crippen LogP contribution in [0, 0.1) is 0 Å². The Morgan fingerprint density at radius 3 is 2.04 bits per heavy atom. The van der Waals surface area contributed by atoms with Gasteiger partial charge < -0.3 is 10.2 Å². The van der Waals surface area contributed by atoms with Crippen LogP contribution in [-0.2, 0) is 0 Å². The SMILES string of the molecule is CN1CCNC[C@@H]1CCC1CCN1C(c1ccccc1)c1ccccc1. The molecular formula is C23H31N3. The van der Waals surface area contributed by atoms with Crippen LogP contribution in [0.1, 0.15) is 36.4 Å². The molecule has 0 spiro atoms. The van der Waals surface area contributed by atoms with Crippen molar-refractivity contribution in [3.63, 3.8) is 0 Å². The molecule has 0 saturated carbocycles. The molecule has 2 aliphatic heterocycles. The lowest BCUT2D eigenvalue weighted by Gasteiger charge is -2.47. The third-order valence-corrected chi connectivity index (χ3v) is 6.23. The van der Waals surface area contributed by atoms with Gasteiger partial charge in [0.15, 0.2) is 0 Å². The van der Waals surface area contributed by atoms with Gasteiger partial charge in [-0.3, -0.25) is 4.90 Å². The van der Waals surface area contributed by atoms with Gasteiger partial charge in [-0.05, 0) is 37.4 Å². The van der Waals surface area contributed by atoms with Crippen LogP contribution < -0.4 is 5.32 Å². The zero-order valence-corrected chi connectivity index (χ0v) is 15.8.